The van der Waals surface area contributed by atoms with Crippen molar-refractivity contribution >= 4 is 35.0 Å². The smallest absolute Gasteiger partial charge is 0.235 e. The molecule has 2 rings (SSSR count). The Morgan fingerprint density at radius 1 is 1.30 bits per heavy atom. The fourth-order valence-electron chi connectivity index (χ4n) is 1.52. The van der Waals surface area contributed by atoms with Gasteiger partial charge in [-0.15, -0.1) is 0 Å². The Labute approximate surface area is 119 Å². The number of hydrogen-bond acceptors (Lipinski definition) is 7. The van der Waals surface area contributed by atoms with Crippen LogP contribution in [-0.2, 0) is 0 Å². The Morgan fingerprint density at radius 2 is 2.00 bits per heavy atom. The highest BCUT2D eigenvalue weighted by molar-refractivity contribution is 6.33. The molecule has 0 fully saturated rings. The number of nitrogens with zero attached hydrogens (tertiary/aromatic N) is 5. The van der Waals surface area contributed by atoms with Crippen LogP contribution in [0.15, 0.2) is 29.4 Å². The lowest BCUT2D eigenvalue weighted by Gasteiger charge is -2.18. The minimum absolute atomic E-state index is 0.0195. The van der Waals surface area contributed by atoms with E-state index in [-0.39, 0.29) is 23.6 Å². The van der Waals surface area contributed by atoms with Gasteiger partial charge >= 0.3 is 0 Å². The summed E-state index contributed by atoms with van der Waals surface area (Å²) >= 11 is 6.11. The van der Waals surface area contributed by atoms with Crippen LogP contribution in [0.3, 0.4) is 0 Å². The maximum atomic E-state index is 8.66. The van der Waals surface area contributed by atoms with E-state index < -0.39 is 0 Å². The fraction of sp³-hybridized carbons (Fsp3) is 0.0909. The van der Waals surface area contributed by atoms with Gasteiger partial charge in [-0.2, -0.15) is 15.0 Å². The van der Waals surface area contributed by atoms with Crippen molar-refractivity contribution < 1.29 is 5.21 Å². The molecule has 1 aromatic carbocycles. The third-order valence-electron chi connectivity index (χ3n) is 2.49. The van der Waals surface area contributed by atoms with Crippen molar-refractivity contribution in [1.82, 2.24) is 15.0 Å². The van der Waals surface area contributed by atoms with Crippen LogP contribution < -0.4 is 16.4 Å². The summed E-state index contributed by atoms with van der Waals surface area (Å²) in [5.74, 6) is -0.0930. The normalized spacial score (nSPS) is 11.4. The van der Waals surface area contributed by atoms with E-state index in [4.69, 9.17) is 28.3 Å². The highest BCUT2D eigenvalue weighted by Crippen LogP contribution is 2.28. The van der Waals surface area contributed by atoms with Crippen LogP contribution in [0.4, 0.5) is 17.6 Å². The maximum Gasteiger partial charge on any atom is 0.235 e. The number of aromatic nitrogens is 3. The van der Waals surface area contributed by atoms with E-state index in [1.54, 1.807) is 24.1 Å². The van der Waals surface area contributed by atoms with Gasteiger partial charge in [0, 0.05) is 7.05 Å². The molecule has 20 heavy (non-hydrogen) atoms. The molecule has 0 atom stereocenters. The molecular weight excluding hydrogens is 282 g/mol. The molecule has 0 saturated heterocycles. The van der Waals surface area contributed by atoms with Crippen LogP contribution in [0.2, 0.25) is 5.02 Å². The molecule has 9 heteroatoms. The first kappa shape index (κ1) is 13.8. The summed E-state index contributed by atoms with van der Waals surface area (Å²) in [4.78, 5) is 13.5. The molecule has 0 aliphatic carbocycles. The van der Waals surface area contributed by atoms with Crippen LogP contribution >= 0.6 is 11.6 Å². The molecule has 0 bridgehead atoms. The lowest BCUT2D eigenvalue weighted by atomic mass is 10.3. The number of amidine groups is 1. The molecule has 0 unspecified atom stereocenters. The van der Waals surface area contributed by atoms with Crippen LogP contribution in [0.5, 0.6) is 0 Å². The summed E-state index contributed by atoms with van der Waals surface area (Å²) in [5, 5.41) is 12.0. The molecule has 1 aromatic heterocycles. The number of hydrogen-bond donors (Lipinski definition) is 3. The molecule has 2 aromatic rings. The van der Waals surface area contributed by atoms with E-state index in [9.17, 15) is 0 Å². The second-order valence-corrected chi connectivity index (χ2v) is 4.22. The molecule has 0 aliphatic heterocycles. The van der Waals surface area contributed by atoms with Crippen molar-refractivity contribution in [3.05, 3.63) is 35.1 Å². The molecule has 0 amide bonds. The minimum atomic E-state index is -0.257. The van der Waals surface area contributed by atoms with Gasteiger partial charge in [0.15, 0.2) is 0 Å². The zero-order chi connectivity index (χ0) is 14.7. The highest BCUT2D eigenvalue weighted by atomic mass is 35.5. The Morgan fingerprint density at radius 3 is 2.65 bits per heavy atom. The molecule has 104 valence electrons. The maximum absolute atomic E-state index is 8.66. The molecule has 0 aliphatic rings. The monoisotopic (exact) mass is 293 g/mol. The van der Waals surface area contributed by atoms with Crippen molar-refractivity contribution in [1.29, 1.82) is 0 Å². The summed E-state index contributed by atoms with van der Waals surface area (Å²) in [7, 11) is 1.71. The van der Waals surface area contributed by atoms with Crippen molar-refractivity contribution in [2.75, 3.05) is 17.7 Å². The number of para-hydroxylation sites is 1. The standard InChI is InChI=1S/C11H12ClN7O/c1-19(7-5-3-2-4-6(7)12)11-16-9(8(13)18-20)15-10(14)17-11/h2-5,20H,1H3,(H2,13,18)(H2,14,15,16,17). The number of anilines is 3. The third kappa shape index (κ3) is 2.69. The lowest BCUT2D eigenvalue weighted by Crippen LogP contribution is -2.22. The second-order valence-electron chi connectivity index (χ2n) is 3.81. The fourth-order valence-corrected chi connectivity index (χ4v) is 1.78. The van der Waals surface area contributed by atoms with Crippen molar-refractivity contribution in [3.8, 4) is 0 Å². The van der Waals surface area contributed by atoms with Crippen LogP contribution in [0.25, 0.3) is 0 Å². The SMILES string of the molecule is CN(c1nc(N)nc(C(N)=NO)n1)c1ccccc1Cl. The quantitative estimate of drug-likeness (QED) is 0.333. The molecule has 0 saturated carbocycles. The number of nitrogens with two attached hydrogens (primary N) is 2. The Kier molecular flexibility index (Phi) is 3.85. The molecule has 8 nitrogen and oxygen atoms in total. The van der Waals surface area contributed by atoms with Crippen LogP contribution in [0.1, 0.15) is 5.82 Å². The summed E-state index contributed by atoms with van der Waals surface area (Å²) in [5.41, 5.74) is 11.7. The zero-order valence-electron chi connectivity index (χ0n) is 10.5. The van der Waals surface area contributed by atoms with Gasteiger partial charge in [0.05, 0.1) is 10.7 Å². The highest BCUT2D eigenvalue weighted by Gasteiger charge is 2.14. The van der Waals surface area contributed by atoms with E-state index in [0.29, 0.717) is 10.7 Å². The van der Waals surface area contributed by atoms with Gasteiger partial charge in [0.2, 0.25) is 23.6 Å². The van der Waals surface area contributed by atoms with Crippen molar-refractivity contribution in [3.63, 3.8) is 0 Å². The number of halogens is 1. The van der Waals surface area contributed by atoms with E-state index in [2.05, 4.69) is 20.1 Å². The predicted molar refractivity (Wildman–Crippen MR) is 76.3 cm³/mol. The summed E-state index contributed by atoms with van der Waals surface area (Å²) in [6, 6.07) is 7.17. The van der Waals surface area contributed by atoms with Crippen LogP contribution in [-0.4, -0.2) is 33.0 Å². The second kappa shape index (κ2) is 5.57. The Balaban J connectivity index is 2.48. The number of benzene rings is 1. The van der Waals surface area contributed by atoms with Gasteiger partial charge in [0.25, 0.3) is 0 Å². The first-order valence-corrected chi connectivity index (χ1v) is 5.88. The van der Waals surface area contributed by atoms with E-state index in [1.165, 1.54) is 0 Å². The van der Waals surface area contributed by atoms with Gasteiger partial charge in [-0.1, -0.05) is 28.9 Å². The minimum Gasteiger partial charge on any atom is -0.409 e. The first-order valence-electron chi connectivity index (χ1n) is 5.50. The number of nitrogen functional groups attached to an aromatic ring is 1. The zero-order valence-corrected chi connectivity index (χ0v) is 11.3. The molecular formula is C11H12ClN7O. The average Bonchev–Trinajstić information content (AvgIpc) is 2.45. The topological polar surface area (TPSA) is 127 Å². The summed E-state index contributed by atoms with van der Waals surface area (Å²) in [6.07, 6.45) is 0. The van der Waals surface area contributed by atoms with Gasteiger partial charge in [-0.25, -0.2) is 0 Å². The largest absolute Gasteiger partial charge is 0.409 e. The molecule has 0 spiro atoms. The van der Waals surface area contributed by atoms with Crippen LogP contribution in [0, 0.1) is 0 Å². The Bertz CT molecular complexity index is 661. The van der Waals surface area contributed by atoms with Crippen molar-refractivity contribution in [2.24, 2.45) is 10.9 Å². The number of oxime groups is 1. The predicted octanol–water partition coefficient (Wildman–Crippen LogP) is 0.970. The third-order valence-corrected chi connectivity index (χ3v) is 2.81. The average molecular weight is 294 g/mol. The molecule has 0 radical (unpaired) electrons. The van der Waals surface area contributed by atoms with E-state index >= 15 is 0 Å². The molecule has 1 heterocycles. The molecule has 5 N–H and O–H groups in total. The van der Waals surface area contributed by atoms with Gasteiger partial charge in [-0.3, -0.25) is 0 Å². The lowest BCUT2D eigenvalue weighted by molar-refractivity contribution is 0.318. The summed E-state index contributed by atoms with van der Waals surface area (Å²) in [6.45, 7) is 0. The first-order chi connectivity index (χ1) is 9.52. The van der Waals surface area contributed by atoms with Gasteiger partial charge < -0.3 is 21.6 Å². The van der Waals surface area contributed by atoms with E-state index in [1.807, 2.05) is 12.1 Å². The van der Waals surface area contributed by atoms with E-state index in [0.717, 1.165) is 0 Å². The number of rotatable bonds is 3. The Hall–Kier alpha value is -2.61. The van der Waals surface area contributed by atoms with Gasteiger partial charge in [-0.05, 0) is 12.1 Å². The van der Waals surface area contributed by atoms with Gasteiger partial charge in [0.1, 0.15) is 0 Å². The van der Waals surface area contributed by atoms with Crippen molar-refractivity contribution in [2.45, 2.75) is 0 Å². The summed E-state index contributed by atoms with van der Waals surface area (Å²) < 4.78 is 0.